The molecule has 1 aliphatic heterocycles. The van der Waals surface area contributed by atoms with Gasteiger partial charge in [0.25, 0.3) is 0 Å². The van der Waals surface area contributed by atoms with Crippen LogP contribution in [0, 0.1) is 0 Å². The number of fused-ring (bicyclic) bond motifs is 1. The first-order chi connectivity index (χ1) is 20.2. The molecule has 0 bridgehead atoms. The van der Waals surface area contributed by atoms with Gasteiger partial charge >= 0.3 is 24.3 Å². The van der Waals surface area contributed by atoms with E-state index in [1.54, 1.807) is 12.4 Å². The van der Waals surface area contributed by atoms with E-state index < -0.39 is 24.3 Å². The Morgan fingerprint density at radius 3 is 1.86 bits per heavy atom. The Bertz CT molecular complexity index is 1480. The second-order valence-corrected chi connectivity index (χ2v) is 9.26. The standard InChI is InChI=1S/C22H21ClN6.2C2HF3O2/c23-19-3-1-17(2-4-19)16-27-11-13-28(14-12-27)21-22-26-15-20(29(22)10-9-25-21)18-5-7-24-8-6-18;2*3-2(4,5)1(6)7/h1-10,15H,11-14,16H2;2*(H,6,7). The van der Waals surface area contributed by atoms with Crippen molar-refractivity contribution in [3.8, 4) is 11.3 Å². The van der Waals surface area contributed by atoms with Gasteiger partial charge in [-0.1, -0.05) is 23.7 Å². The summed E-state index contributed by atoms with van der Waals surface area (Å²) in [6, 6.07) is 12.1. The molecule has 0 amide bonds. The lowest BCUT2D eigenvalue weighted by atomic mass is 10.2. The fourth-order valence-electron chi connectivity index (χ4n) is 3.83. The molecule has 0 spiro atoms. The number of anilines is 1. The molecular weight excluding hydrogens is 610 g/mol. The van der Waals surface area contributed by atoms with Gasteiger partial charge in [0.1, 0.15) is 0 Å². The van der Waals surface area contributed by atoms with Gasteiger partial charge in [-0.15, -0.1) is 0 Å². The molecule has 1 fully saturated rings. The fourth-order valence-corrected chi connectivity index (χ4v) is 3.96. The zero-order chi connectivity index (χ0) is 31.8. The van der Waals surface area contributed by atoms with E-state index in [1.807, 2.05) is 42.9 Å². The van der Waals surface area contributed by atoms with Crippen LogP contribution in [0.2, 0.25) is 5.02 Å². The Labute approximate surface area is 244 Å². The van der Waals surface area contributed by atoms with E-state index in [-0.39, 0.29) is 0 Å². The largest absolute Gasteiger partial charge is 0.490 e. The Hall–Kier alpha value is -4.44. The summed E-state index contributed by atoms with van der Waals surface area (Å²) in [6.07, 6.45) is -0.826. The van der Waals surface area contributed by atoms with Crippen LogP contribution in [0.4, 0.5) is 32.2 Å². The van der Waals surface area contributed by atoms with Crippen molar-refractivity contribution in [2.24, 2.45) is 0 Å². The van der Waals surface area contributed by atoms with Crippen LogP contribution in [0.1, 0.15) is 5.56 Å². The van der Waals surface area contributed by atoms with Crippen molar-refractivity contribution in [3.05, 3.63) is 78.0 Å². The maximum atomic E-state index is 10.6. The number of carboxylic acids is 2. The molecule has 4 heterocycles. The lowest BCUT2D eigenvalue weighted by molar-refractivity contribution is -0.193. The van der Waals surface area contributed by atoms with Crippen LogP contribution in [-0.2, 0) is 16.1 Å². The highest BCUT2D eigenvalue weighted by Gasteiger charge is 2.38. The second-order valence-electron chi connectivity index (χ2n) is 8.82. The van der Waals surface area contributed by atoms with Crippen LogP contribution < -0.4 is 4.90 Å². The molecular formula is C26H23ClF6N6O4. The Morgan fingerprint density at radius 1 is 0.814 bits per heavy atom. The average molecular weight is 633 g/mol. The Balaban J connectivity index is 0.000000303. The van der Waals surface area contributed by atoms with Gasteiger partial charge in [-0.05, 0) is 29.8 Å². The predicted octanol–water partition coefficient (Wildman–Crippen LogP) is 5.03. The number of rotatable bonds is 4. The van der Waals surface area contributed by atoms with Gasteiger partial charge in [0.15, 0.2) is 11.5 Å². The number of imidazole rings is 1. The number of benzene rings is 1. The summed E-state index contributed by atoms with van der Waals surface area (Å²) in [4.78, 5) is 36.0. The summed E-state index contributed by atoms with van der Waals surface area (Å²) in [6.45, 7) is 4.78. The minimum absolute atomic E-state index is 0.781. The van der Waals surface area contributed by atoms with E-state index in [0.717, 1.165) is 60.5 Å². The van der Waals surface area contributed by atoms with Crippen molar-refractivity contribution in [2.75, 3.05) is 31.1 Å². The summed E-state index contributed by atoms with van der Waals surface area (Å²) in [5.41, 5.74) is 4.33. The van der Waals surface area contributed by atoms with E-state index in [1.165, 1.54) is 5.56 Å². The number of piperazine rings is 1. The van der Waals surface area contributed by atoms with Gasteiger partial charge in [0.2, 0.25) is 0 Å². The van der Waals surface area contributed by atoms with Gasteiger partial charge in [-0.25, -0.2) is 19.6 Å². The number of carboxylic acid groups (broad SMARTS) is 2. The molecule has 0 unspecified atom stereocenters. The normalized spacial score (nSPS) is 13.9. The Morgan fingerprint density at radius 2 is 1.35 bits per heavy atom. The summed E-state index contributed by atoms with van der Waals surface area (Å²) in [5.74, 6) is -4.57. The fraction of sp³-hybridized carbons (Fsp3) is 0.269. The molecule has 0 atom stereocenters. The highest BCUT2D eigenvalue weighted by Crippen LogP contribution is 2.25. The molecule has 1 saturated heterocycles. The van der Waals surface area contributed by atoms with Crippen molar-refractivity contribution in [1.82, 2.24) is 24.3 Å². The number of nitrogens with zero attached hydrogens (tertiary/aromatic N) is 6. The lowest BCUT2D eigenvalue weighted by Crippen LogP contribution is -2.46. The molecule has 5 rings (SSSR count). The highest BCUT2D eigenvalue weighted by molar-refractivity contribution is 6.30. The van der Waals surface area contributed by atoms with Gasteiger partial charge in [-0.2, -0.15) is 26.3 Å². The molecule has 10 nitrogen and oxygen atoms in total. The predicted molar refractivity (Wildman–Crippen MR) is 143 cm³/mol. The summed E-state index contributed by atoms with van der Waals surface area (Å²) >= 11 is 5.99. The van der Waals surface area contributed by atoms with E-state index in [4.69, 9.17) is 31.4 Å². The van der Waals surface area contributed by atoms with Gasteiger partial charge in [0, 0.05) is 68.1 Å². The molecule has 4 aromatic rings. The number of carbonyl (C=O) groups is 2. The summed E-state index contributed by atoms with van der Waals surface area (Å²) in [7, 11) is 0. The molecule has 2 N–H and O–H groups in total. The first-order valence-electron chi connectivity index (χ1n) is 12.2. The third-order valence-electron chi connectivity index (χ3n) is 5.86. The van der Waals surface area contributed by atoms with Crippen LogP contribution in [-0.4, -0.2) is 84.9 Å². The quantitative estimate of drug-likeness (QED) is 0.298. The molecule has 43 heavy (non-hydrogen) atoms. The molecule has 0 radical (unpaired) electrons. The van der Waals surface area contributed by atoms with Crippen molar-refractivity contribution >= 4 is 35.0 Å². The number of halogens is 7. The van der Waals surface area contributed by atoms with Crippen molar-refractivity contribution < 1.29 is 46.1 Å². The van der Waals surface area contributed by atoms with Crippen molar-refractivity contribution in [1.29, 1.82) is 0 Å². The van der Waals surface area contributed by atoms with Crippen LogP contribution in [0.15, 0.2) is 67.4 Å². The van der Waals surface area contributed by atoms with Crippen molar-refractivity contribution in [2.45, 2.75) is 18.9 Å². The van der Waals surface area contributed by atoms with E-state index in [2.05, 4.69) is 41.3 Å². The molecule has 0 saturated carbocycles. The number of pyridine rings is 1. The van der Waals surface area contributed by atoms with Crippen LogP contribution >= 0.6 is 11.6 Å². The first-order valence-corrected chi connectivity index (χ1v) is 12.6. The molecule has 1 aliphatic rings. The zero-order valence-corrected chi connectivity index (χ0v) is 22.7. The van der Waals surface area contributed by atoms with Crippen LogP contribution in [0.25, 0.3) is 16.9 Å². The molecule has 17 heteroatoms. The van der Waals surface area contributed by atoms with Gasteiger partial charge in [-0.3, -0.25) is 14.3 Å². The monoisotopic (exact) mass is 632 g/mol. The number of hydrogen-bond acceptors (Lipinski definition) is 7. The lowest BCUT2D eigenvalue weighted by Gasteiger charge is -2.35. The average Bonchev–Trinajstić information content (AvgIpc) is 3.39. The maximum absolute atomic E-state index is 10.6. The molecule has 3 aromatic heterocycles. The molecule has 0 aliphatic carbocycles. The maximum Gasteiger partial charge on any atom is 0.490 e. The van der Waals surface area contributed by atoms with Crippen LogP contribution in [0.5, 0.6) is 0 Å². The minimum atomic E-state index is -5.08. The van der Waals surface area contributed by atoms with Crippen molar-refractivity contribution in [3.63, 3.8) is 0 Å². The van der Waals surface area contributed by atoms with Gasteiger partial charge in [0.05, 0.1) is 11.9 Å². The second kappa shape index (κ2) is 14.2. The number of hydrogen-bond donors (Lipinski definition) is 2. The topological polar surface area (TPSA) is 124 Å². The first kappa shape index (κ1) is 33.1. The zero-order valence-electron chi connectivity index (χ0n) is 21.9. The third kappa shape index (κ3) is 9.54. The van der Waals surface area contributed by atoms with E-state index in [0.29, 0.717) is 0 Å². The minimum Gasteiger partial charge on any atom is -0.475 e. The molecule has 1 aromatic carbocycles. The highest BCUT2D eigenvalue weighted by atomic mass is 35.5. The van der Waals surface area contributed by atoms with E-state index >= 15 is 0 Å². The van der Waals surface area contributed by atoms with Crippen LogP contribution in [0.3, 0.4) is 0 Å². The number of alkyl halides is 6. The number of aliphatic carboxylic acids is 2. The van der Waals surface area contributed by atoms with E-state index in [9.17, 15) is 26.3 Å². The Kier molecular flexibility index (Phi) is 10.9. The molecule has 230 valence electrons. The van der Waals surface area contributed by atoms with Gasteiger partial charge < -0.3 is 15.1 Å². The smallest absolute Gasteiger partial charge is 0.475 e. The third-order valence-corrected chi connectivity index (χ3v) is 6.11. The number of aromatic nitrogens is 4. The SMILES string of the molecule is Clc1ccc(CN2CCN(c3nccn4c(-c5ccncc5)cnc34)CC2)cc1.O=C(O)C(F)(F)F.O=C(O)C(F)(F)F. The summed E-state index contributed by atoms with van der Waals surface area (Å²) < 4.78 is 65.6. The summed E-state index contributed by atoms with van der Waals surface area (Å²) in [5, 5.41) is 15.0.